The zero-order valence-electron chi connectivity index (χ0n) is 11.0. The third-order valence-corrected chi connectivity index (χ3v) is 3.43. The predicted molar refractivity (Wildman–Crippen MR) is 75.8 cm³/mol. The molecule has 0 bridgehead atoms. The molecule has 8 heteroatoms. The van der Waals surface area contributed by atoms with E-state index in [1.807, 2.05) is 0 Å². The van der Waals surface area contributed by atoms with Gasteiger partial charge in [0.2, 0.25) is 15.9 Å². The highest BCUT2D eigenvalue weighted by Crippen LogP contribution is 2.27. The Morgan fingerprint density at radius 2 is 2.20 bits per heavy atom. The number of sulfonamides is 1. The second-order valence-electron chi connectivity index (χ2n) is 4.03. The van der Waals surface area contributed by atoms with Crippen molar-refractivity contribution in [1.82, 2.24) is 0 Å². The lowest BCUT2D eigenvalue weighted by Gasteiger charge is -2.14. The van der Waals surface area contributed by atoms with Crippen molar-refractivity contribution in [2.75, 3.05) is 12.4 Å². The molecule has 20 heavy (non-hydrogen) atoms. The van der Waals surface area contributed by atoms with E-state index in [4.69, 9.17) is 15.6 Å². The summed E-state index contributed by atoms with van der Waals surface area (Å²) in [5, 5.41) is 7.54. The van der Waals surface area contributed by atoms with Crippen LogP contribution in [0.25, 0.3) is 0 Å². The SMILES string of the molecule is C=CCC(N)C(=O)Nc1cc(S(N)(=O)=O)ccc1OC. The van der Waals surface area contributed by atoms with Gasteiger partial charge in [-0.15, -0.1) is 6.58 Å². The van der Waals surface area contributed by atoms with Crippen molar-refractivity contribution >= 4 is 21.6 Å². The molecule has 7 nitrogen and oxygen atoms in total. The molecule has 110 valence electrons. The summed E-state index contributed by atoms with van der Waals surface area (Å²) in [4.78, 5) is 11.7. The van der Waals surface area contributed by atoms with E-state index in [0.717, 1.165) is 0 Å². The number of ether oxygens (including phenoxy) is 1. The highest BCUT2D eigenvalue weighted by atomic mass is 32.2. The highest BCUT2D eigenvalue weighted by molar-refractivity contribution is 7.89. The summed E-state index contributed by atoms with van der Waals surface area (Å²) in [7, 11) is -2.48. The summed E-state index contributed by atoms with van der Waals surface area (Å²) in [5.74, 6) is -0.175. The molecule has 0 fully saturated rings. The molecule has 1 rings (SSSR count). The molecule has 0 heterocycles. The Balaban J connectivity index is 3.09. The Labute approximate surface area is 117 Å². The lowest BCUT2D eigenvalue weighted by molar-refractivity contribution is -0.117. The number of primary sulfonamides is 1. The van der Waals surface area contributed by atoms with Gasteiger partial charge in [-0.1, -0.05) is 6.08 Å². The van der Waals surface area contributed by atoms with Crippen molar-refractivity contribution in [3.8, 4) is 5.75 Å². The lowest BCUT2D eigenvalue weighted by atomic mass is 10.2. The van der Waals surface area contributed by atoms with E-state index < -0.39 is 22.0 Å². The number of rotatable bonds is 6. The van der Waals surface area contributed by atoms with Crippen molar-refractivity contribution in [3.63, 3.8) is 0 Å². The average Bonchev–Trinajstić information content (AvgIpc) is 2.37. The number of carbonyl (C=O) groups excluding carboxylic acids is 1. The van der Waals surface area contributed by atoms with Crippen LogP contribution in [0.15, 0.2) is 35.7 Å². The summed E-state index contributed by atoms with van der Waals surface area (Å²) >= 11 is 0. The quantitative estimate of drug-likeness (QED) is 0.646. The zero-order valence-corrected chi connectivity index (χ0v) is 11.8. The fraction of sp³-hybridized carbons (Fsp3) is 0.250. The number of anilines is 1. The van der Waals surface area contributed by atoms with E-state index in [-0.39, 0.29) is 10.6 Å². The molecule has 1 atom stereocenters. The maximum atomic E-state index is 11.8. The second-order valence-corrected chi connectivity index (χ2v) is 5.59. The third-order valence-electron chi connectivity index (χ3n) is 2.51. The largest absolute Gasteiger partial charge is 0.495 e. The predicted octanol–water partition coefficient (Wildman–Crippen LogP) is 0.185. The number of nitrogens with one attached hydrogen (secondary N) is 1. The smallest absolute Gasteiger partial charge is 0.241 e. The Bertz CT molecular complexity index is 613. The first-order valence-electron chi connectivity index (χ1n) is 5.67. The van der Waals surface area contributed by atoms with E-state index >= 15 is 0 Å². The van der Waals surface area contributed by atoms with Gasteiger partial charge < -0.3 is 15.8 Å². The molecule has 0 saturated heterocycles. The van der Waals surface area contributed by atoms with Crippen LogP contribution in [0.1, 0.15) is 6.42 Å². The number of methoxy groups -OCH3 is 1. The van der Waals surface area contributed by atoms with Gasteiger partial charge in [0, 0.05) is 0 Å². The number of nitrogens with two attached hydrogens (primary N) is 2. The van der Waals surface area contributed by atoms with Crippen LogP contribution >= 0.6 is 0 Å². The first kappa shape index (κ1) is 16.2. The summed E-state index contributed by atoms with van der Waals surface area (Å²) in [5.41, 5.74) is 5.81. The van der Waals surface area contributed by atoms with Gasteiger partial charge in [-0.3, -0.25) is 4.79 Å². The van der Waals surface area contributed by atoms with E-state index in [0.29, 0.717) is 12.2 Å². The van der Waals surface area contributed by atoms with Crippen LogP contribution in [0.2, 0.25) is 0 Å². The van der Waals surface area contributed by atoms with Crippen LogP contribution in [-0.4, -0.2) is 27.5 Å². The van der Waals surface area contributed by atoms with Gasteiger partial charge in [-0.05, 0) is 24.6 Å². The highest BCUT2D eigenvalue weighted by Gasteiger charge is 2.17. The Morgan fingerprint density at radius 3 is 2.70 bits per heavy atom. The van der Waals surface area contributed by atoms with Gasteiger partial charge in [0.1, 0.15) is 5.75 Å². The first-order chi connectivity index (χ1) is 9.29. The number of hydrogen-bond acceptors (Lipinski definition) is 5. The monoisotopic (exact) mass is 299 g/mol. The number of amides is 1. The molecule has 0 radical (unpaired) electrons. The number of carbonyl (C=O) groups is 1. The van der Waals surface area contributed by atoms with Crippen molar-refractivity contribution in [2.45, 2.75) is 17.4 Å². The Morgan fingerprint density at radius 1 is 1.55 bits per heavy atom. The van der Waals surface area contributed by atoms with Crippen LogP contribution in [0.3, 0.4) is 0 Å². The molecule has 5 N–H and O–H groups in total. The van der Waals surface area contributed by atoms with Gasteiger partial charge in [-0.2, -0.15) is 0 Å². The molecule has 1 unspecified atom stereocenters. The molecular weight excluding hydrogens is 282 g/mol. The molecule has 0 aliphatic rings. The third kappa shape index (κ3) is 4.05. The van der Waals surface area contributed by atoms with Gasteiger partial charge in [0.25, 0.3) is 0 Å². The van der Waals surface area contributed by atoms with Crippen LogP contribution in [0, 0.1) is 0 Å². The maximum absolute atomic E-state index is 11.8. The maximum Gasteiger partial charge on any atom is 0.241 e. The molecule has 1 aromatic rings. The van der Waals surface area contributed by atoms with Gasteiger partial charge >= 0.3 is 0 Å². The van der Waals surface area contributed by atoms with Crippen LogP contribution < -0.4 is 20.9 Å². The van der Waals surface area contributed by atoms with Crippen molar-refractivity contribution in [2.24, 2.45) is 10.9 Å². The Kier molecular flexibility index (Phi) is 5.26. The standard InChI is InChI=1S/C12H17N3O4S/c1-3-4-9(13)12(16)15-10-7-8(20(14,17)18)5-6-11(10)19-2/h3,5-7,9H,1,4,13H2,2H3,(H,15,16)(H2,14,17,18). The van der Waals surface area contributed by atoms with E-state index in [2.05, 4.69) is 11.9 Å². The van der Waals surface area contributed by atoms with Gasteiger partial charge in [0.15, 0.2) is 0 Å². The van der Waals surface area contributed by atoms with Gasteiger partial charge in [0.05, 0.1) is 23.7 Å². The fourth-order valence-corrected chi connectivity index (χ4v) is 2.01. The summed E-state index contributed by atoms with van der Waals surface area (Å²) in [6.07, 6.45) is 1.81. The molecule has 1 amide bonds. The normalized spacial score (nSPS) is 12.6. The minimum Gasteiger partial charge on any atom is -0.495 e. The number of hydrogen-bond donors (Lipinski definition) is 3. The minimum absolute atomic E-state index is 0.133. The second kappa shape index (κ2) is 6.51. The lowest BCUT2D eigenvalue weighted by Crippen LogP contribution is -2.35. The van der Waals surface area contributed by atoms with Crippen molar-refractivity contribution in [1.29, 1.82) is 0 Å². The van der Waals surface area contributed by atoms with Gasteiger partial charge in [-0.25, -0.2) is 13.6 Å². The summed E-state index contributed by atoms with van der Waals surface area (Å²) in [6.45, 7) is 3.49. The molecule has 0 spiro atoms. The molecule has 0 aliphatic heterocycles. The molecule has 1 aromatic carbocycles. The first-order valence-corrected chi connectivity index (χ1v) is 7.22. The topological polar surface area (TPSA) is 125 Å². The summed E-state index contributed by atoms with van der Waals surface area (Å²) < 4.78 is 27.6. The van der Waals surface area contributed by atoms with Crippen molar-refractivity contribution in [3.05, 3.63) is 30.9 Å². The van der Waals surface area contributed by atoms with Crippen LogP contribution in [0.5, 0.6) is 5.75 Å². The minimum atomic E-state index is -3.87. The van der Waals surface area contributed by atoms with Crippen LogP contribution in [0.4, 0.5) is 5.69 Å². The molecular formula is C12H17N3O4S. The Hall–Kier alpha value is -1.90. The average molecular weight is 299 g/mol. The molecule has 0 saturated carbocycles. The fourth-order valence-electron chi connectivity index (χ4n) is 1.47. The molecule has 0 aliphatic carbocycles. The van der Waals surface area contributed by atoms with E-state index in [9.17, 15) is 13.2 Å². The summed E-state index contributed by atoms with van der Waals surface area (Å²) in [6, 6.07) is 3.12. The number of benzene rings is 1. The molecule has 0 aromatic heterocycles. The van der Waals surface area contributed by atoms with E-state index in [1.165, 1.54) is 31.4 Å². The van der Waals surface area contributed by atoms with Crippen LogP contribution in [-0.2, 0) is 14.8 Å². The van der Waals surface area contributed by atoms with E-state index in [1.54, 1.807) is 0 Å². The zero-order chi connectivity index (χ0) is 15.3. The van der Waals surface area contributed by atoms with Crippen molar-refractivity contribution < 1.29 is 17.9 Å².